The van der Waals surface area contributed by atoms with Crippen molar-refractivity contribution in [2.24, 2.45) is 0 Å². The van der Waals surface area contributed by atoms with E-state index in [0.717, 1.165) is 37.4 Å². The van der Waals surface area contributed by atoms with Crippen molar-refractivity contribution in [1.82, 2.24) is 10.3 Å². The third kappa shape index (κ3) is 4.32. The molecule has 0 radical (unpaired) electrons. The fraction of sp³-hybridized carbons (Fsp3) is 0.600. The number of aliphatic hydroxyl groups excluding tert-OH is 1. The molecule has 0 bridgehead atoms. The smallest absolute Gasteiger partial charge is 0.319 e. The van der Waals surface area contributed by atoms with Crippen LogP contribution < -0.4 is 15.5 Å². The van der Waals surface area contributed by atoms with Gasteiger partial charge < -0.3 is 20.6 Å². The van der Waals surface area contributed by atoms with E-state index in [0.29, 0.717) is 6.42 Å². The minimum atomic E-state index is -0.450. The van der Waals surface area contributed by atoms with Crippen molar-refractivity contribution >= 4 is 17.5 Å². The van der Waals surface area contributed by atoms with Crippen molar-refractivity contribution in [2.45, 2.75) is 38.6 Å². The van der Waals surface area contributed by atoms with Crippen molar-refractivity contribution in [3.8, 4) is 0 Å². The Morgan fingerprint density at radius 1 is 1.43 bits per heavy atom. The lowest BCUT2D eigenvalue weighted by atomic mass is 10.0. The van der Waals surface area contributed by atoms with E-state index in [1.807, 2.05) is 26.0 Å². The Morgan fingerprint density at radius 3 is 2.81 bits per heavy atom. The summed E-state index contributed by atoms with van der Waals surface area (Å²) < 4.78 is 0. The van der Waals surface area contributed by atoms with Gasteiger partial charge in [0, 0.05) is 31.4 Å². The number of carbonyl (C=O) groups is 1. The molecular formula is C15H24N4O2. The lowest BCUT2D eigenvalue weighted by Crippen LogP contribution is -2.46. The number of hydrogen-bond donors (Lipinski definition) is 3. The predicted octanol–water partition coefficient (Wildman–Crippen LogP) is 1.96. The molecule has 6 heteroatoms. The third-order valence-corrected chi connectivity index (χ3v) is 3.63. The van der Waals surface area contributed by atoms with Crippen LogP contribution in [0, 0.1) is 0 Å². The number of nitrogens with zero attached hydrogens (tertiary/aromatic N) is 2. The molecule has 0 saturated carbocycles. The second-order valence-corrected chi connectivity index (χ2v) is 6.01. The van der Waals surface area contributed by atoms with Crippen molar-refractivity contribution < 1.29 is 9.90 Å². The number of aromatic nitrogens is 1. The first-order chi connectivity index (χ1) is 10.0. The van der Waals surface area contributed by atoms with Gasteiger partial charge in [-0.3, -0.25) is 0 Å². The molecule has 3 N–H and O–H groups in total. The predicted molar refractivity (Wildman–Crippen MR) is 83.6 cm³/mol. The van der Waals surface area contributed by atoms with Crippen LogP contribution >= 0.6 is 0 Å². The van der Waals surface area contributed by atoms with Crippen molar-refractivity contribution in [3.05, 3.63) is 18.3 Å². The number of pyridine rings is 1. The van der Waals surface area contributed by atoms with Crippen LogP contribution in [0.2, 0.25) is 0 Å². The number of carbonyl (C=O) groups excluding carboxylic acids is 1. The summed E-state index contributed by atoms with van der Waals surface area (Å²) in [5, 5.41) is 14.7. The molecule has 2 rings (SSSR count). The Kier molecular flexibility index (Phi) is 5.01. The van der Waals surface area contributed by atoms with Gasteiger partial charge in [-0.05, 0) is 45.2 Å². The number of aliphatic hydroxyl groups is 1. The molecule has 6 nitrogen and oxygen atoms in total. The van der Waals surface area contributed by atoms with Crippen LogP contribution in [0.1, 0.15) is 33.1 Å². The maximum atomic E-state index is 12.1. The first-order valence-corrected chi connectivity index (χ1v) is 7.42. The van der Waals surface area contributed by atoms with Gasteiger partial charge in [0.25, 0.3) is 0 Å². The van der Waals surface area contributed by atoms with E-state index in [1.165, 1.54) is 0 Å². The van der Waals surface area contributed by atoms with Gasteiger partial charge in [-0.25, -0.2) is 9.78 Å². The Balaban J connectivity index is 2.04. The highest BCUT2D eigenvalue weighted by Gasteiger charge is 2.22. The van der Waals surface area contributed by atoms with Crippen LogP contribution in [-0.4, -0.2) is 41.4 Å². The van der Waals surface area contributed by atoms with Crippen molar-refractivity contribution in [1.29, 1.82) is 0 Å². The second-order valence-electron chi connectivity index (χ2n) is 6.01. The molecule has 1 saturated heterocycles. The van der Waals surface area contributed by atoms with Crippen LogP contribution in [-0.2, 0) is 0 Å². The Bertz CT molecular complexity index is 484. The molecule has 0 spiro atoms. The number of urea groups is 1. The number of nitrogens with one attached hydrogen (secondary N) is 2. The molecule has 1 fully saturated rings. The summed E-state index contributed by atoms with van der Waals surface area (Å²) in [6.45, 7) is 5.76. The molecular weight excluding hydrogens is 268 g/mol. The van der Waals surface area contributed by atoms with Gasteiger partial charge in [0.15, 0.2) is 5.82 Å². The Morgan fingerprint density at radius 2 is 2.14 bits per heavy atom. The van der Waals surface area contributed by atoms with Crippen molar-refractivity contribution in [2.75, 3.05) is 29.9 Å². The summed E-state index contributed by atoms with van der Waals surface area (Å²) in [5.74, 6) is 0.824. The minimum absolute atomic E-state index is 0.0409. The third-order valence-electron chi connectivity index (χ3n) is 3.63. The quantitative estimate of drug-likeness (QED) is 0.775. The zero-order valence-electron chi connectivity index (χ0n) is 12.7. The number of amides is 2. The molecule has 0 aromatic carbocycles. The lowest BCUT2D eigenvalue weighted by Gasteiger charge is -2.26. The van der Waals surface area contributed by atoms with E-state index in [2.05, 4.69) is 20.5 Å². The molecule has 2 amide bonds. The zero-order chi connectivity index (χ0) is 15.3. The molecule has 1 aliphatic rings. The summed E-state index contributed by atoms with van der Waals surface area (Å²) in [7, 11) is 0. The molecule has 1 aromatic rings. The van der Waals surface area contributed by atoms with Gasteiger partial charge in [-0.1, -0.05) is 0 Å². The van der Waals surface area contributed by atoms with Gasteiger partial charge in [0.1, 0.15) is 0 Å². The second kappa shape index (κ2) is 6.76. The lowest BCUT2D eigenvalue weighted by molar-refractivity contribution is 0.218. The average molecular weight is 292 g/mol. The molecule has 21 heavy (non-hydrogen) atoms. The van der Waals surface area contributed by atoms with E-state index < -0.39 is 5.54 Å². The topological polar surface area (TPSA) is 77.5 Å². The highest BCUT2D eigenvalue weighted by atomic mass is 16.3. The van der Waals surface area contributed by atoms with Gasteiger partial charge in [-0.2, -0.15) is 0 Å². The molecule has 1 aromatic heterocycles. The highest BCUT2D eigenvalue weighted by molar-refractivity contribution is 5.92. The minimum Gasteiger partial charge on any atom is -0.396 e. The maximum absolute atomic E-state index is 12.1. The zero-order valence-corrected chi connectivity index (χ0v) is 12.7. The van der Waals surface area contributed by atoms with Gasteiger partial charge >= 0.3 is 6.03 Å². The molecule has 1 aliphatic heterocycles. The normalized spacial score (nSPS) is 15.1. The molecule has 116 valence electrons. The fourth-order valence-corrected chi connectivity index (χ4v) is 2.48. The molecule has 0 unspecified atom stereocenters. The van der Waals surface area contributed by atoms with E-state index >= 15 is 0 Å². The van der Waals surface area contributed by atoms with Crippen LogP contribution in [0.4, 0.5) is 16.3 Å². The van der Waals surface area contributed by atoms with Crippen LogP contribution in [0.25, 0.3) is 0 Å². The monoisotopic (exact) mass is 292 g/mol. The van der Waals surface area contributed by atoms with E-state index in [-0.39, 0.29) is 12.6 Å². The summed E-state index contributed by atoms with van der Waals surface area (Å²) in [5.41, 5.74) is 0.270. The largest absolute Gasteiger partial charge is 0.396 e. The fourth-order valence-electron chi connectivity index (χ4n) is 2.48. The molecule has 2 heterocycles. The van der Waals surface area contributed by atoms with Crippen LogP contribution in [0.3, 0.4) is 0 Å². The van der Waals surface area contributed by atoms with E-state index in [1.54, 1.807) is 6.20 Å². The highest BCUT2D eigenvalue weighted by Crippen LogP contribution is 2.26. The van der Waals surface area contributed by atoms with E-state index in [9.17, 15) is 4.79 Å². The first kappa shape index (κ1) is 15.6. The standard InChI is InChI=1S/C15H24N4O2/c1-15(2,7-11-20)18-14(21)17-12-6-5-8-16-13(12)19-9-3-4-10-19/h5-6,8,20H,3-4,7,9-11H2,1-2H3,(H2,17,18,21). The summed E-state index contributed by atoms with van der Waals surface area (Å²) in [6, 6.07) is 3.40. The van der Waals surface area contributed by atoms with Crippen LogP contribution in [0.5, 0.6) is 0 Å². The summed E-state index contributed by atoms with van der Waals surface area (Å²) in [4.78, 5) is 18.7. The van der Waals surface area contributed by atoms with Gasteiger partial charge in [0.2, 0.25) is 0 Å². The Labute approximate surface area is 125 Å². The number of anilines is 2. The Hall–Kier alpha value is -1.82. The maximum Gasteiger partial charge on any atom is 0.319 e. The SMILES string of the molecule is CC(C)(CCO)NC(=O)Nc1cccnc1N1CCCC1. The van der Waals surface area contributed by atoms with E-state index in [4.69, 9.17) is 5.11 Å². The van der Waals surface area contributed by atoms with Gasteiger partial charge in [0.05, 0.1) is 5.69 Å². The average Bonchev–Trinajstić information content (AvgIpc) is 2.92. The first-order valence-electron chi connectivity index (χ1n) is 7.42. The molecule has 0 aliphatic carbocycles. The summed E-state index contributed by atoms with van der Waals surface area (Å²) in [6.07, 6.45) is 4.57. The number of rotatable bonds is 5. The van der Waals surface area contributed by atoms with Crippen LogP contribution in [0.15, 0.2) is 18.3 Å². The molecule has 0 atom stereocenters. The van der Waals surface area contributed by atoms with Gasteiger partial charge in [-0.15, -0.1) is 0 Å². The summed E-state index contributed by atoms with van der Waals surface area (Å²) >= 11 is 0. The van der Waals surface area contributed by atoms with Crippen molar-refractivity contribution in [3.63, 3.8) is 0 Å². The number of hydrogen-bond acceptors (Lipinski definition) is 4.